The fraction of sp³-hybridized carbons (Fsp3) is 0.625. The smallest absolute Gasteiger partial charge is 0.0417 e. The summed E-state index contributed by atoms with van der Waals surface area (Å²) in [4.78, 5) is 5.02. The Labute approximate surface area is 117 Å². The zero-order valence-electron chi connectivity index (χ0n) is 12.5. The summed E-state index contributed by atoms with van der Waals surface area (Å²) in [6.45, 7) is 7.82. The summed E-state index contributed by atoms with van der Waals surface area (Å²) in [6.07, 6.45) is 2.40. The van der Waals surface area contributed by atoms with Gasteiger partial charge < -0.3 is 15.5 Å². The molecule has 0 spiro atoms. The molecule has 1 aliphatic rings. The Morgan fingerprint density at radius 3 is 2.74 bits per heavy atom. The van der Waals surface area contributed by atoms with Crippen LogP contribution >= 0.6 is 0 Å². The predicted octanol–water partition coefficient (Wildman–Crippen LogP) is 2.63. The van der Waals surface area contributed by atoms with Gasteiger partial charge in [-0.25, -0.2) is 0 Å². The molecule has 106 valence electrons. The molecular formula is C16H27N3. The number of anilines is 1. The van der Waals surface area contributed by atoms with E-state index in [1.165, 1.54) is 30.6 Å². The van der Waals surface area contributed by atoms with Gasteiger partial charge in [-0.3, -0.25) is 0 Å². The van der Waals surface area contributed by atoms with Gasteiger partial charge in [0.1, 0.15) is 0 Å². The van der Waals surface area contributed by atoms with Crippen molar-refractivity contribution in [1.29, 1.82) is 0 Å². The van der Waals surface area contributed by atoms with Crippen molar-refractivity contribution < 1.29 is 0 Å². The molecule has 1 heterocycles. The van der Waals surface area contributed by atoms with E-state index in [9.17, 15) is 0 Å². The van der Waals surface area contributed by atoms with Crippen LogP contribution < -0.4 is 10.6 Å². The van der Waals surface area contributed by atoms with Gasteiger partial charge in [0.25, 0.3) is 0 Å². The first kappa shape index (κ1) is 14.4. The van der Waals surface area contributed by atoms with Crippen molar-refractivity contribution >= 4 is 5.69 Å². The van der Waals surface area contributed by atoms with E-state index in [4.69, 9.17) is 5.73 Å². The minimum atomic E-state index is 0.0923. The highest BCUT2D eigenvalue weighted by Crippen LogP contribution is 2.28. The number of nitrogens with two attached hydrogens (primary N) is 1. The summed E-state index contributed by atoms with van der Waals surface area (Å²) in [5.41, 5.74) is 8.74. The van der Waals surface area contributed by atoms with E-state index in [0.717, 1.165) is 13.1 Å². The first-order valence-corrected chi connectivity index (χ1v) is 7.43. The molecule has 2 N–H and O–H groups in total. The van der Waals surface area contributed by atoms with Crippen molar-refractivity contribution in [3.8, 4) is 0 Å². The van der Waals surface area contributed by atoms with E-state index in [-0.39, 0.29) is 6.04 Å². The Bertz CT molecular complexity index is 403. The summed E-state index contributed by atoms with van der Waals surface area (Å²) < 4.78 is 0. The monoisotopic (exact) mass is 261 g/mol. The van der Waals surface area contributed by atoms with Crippen LogP contribution in [0, 0.1) is 0 Å². The van der Waals surface area contributed by atoms with Crippen LogP contribution in [0.1, 0.15) is 38.3 Å². The minimum absolute atomic E-state index is 0.0923. The number of benzene rings is 1. The lowest BCUT2D eigenvalue weighted by Crippen LogP contribution is -2.40. The van der Waals surface area contributed by atoms with Crippen LogP contribution in [0.5, 0.6) is 0 Å². The highest BCUT2D eigenvalue weighted by molar-refractivity contribution is 5.55. The van der Waals surface area contributed by atoms with Crippen molar-refractivity contribution in [3.63, 3.8) is 0 Å². The molecule has 0 amide bonds. The predicted molar refractivity (Wildman–Crippen MR) is 82.6 cm³/mol. The number of hydrogen-bond donors (Lipinski definition) is 1. The van der Waals surface area contributed by atoms with Crippen LogP contribution in [0.25, 0.3) is 0 Å². The molecular weight excluding hydrogens is 234 g/mol. The molecule has 1 saturated heterocycles. The van der Waals surface area contributed by atoms with Gasteiger partial charge in [-0.2, -0.15) is 0 Å². The molecule has 2 atom stereocenters. The van der Waals surface area contributed by atoms with Gasteiger partial charge in [0.05, 0.1) is 0 Å². The van der Waals surface area contributed by atoms with E-state index < -0.39 is 0 Å². The van der Waals surface area contributed by atoms with Gasteiger partial charge in [-0.1, -0.05) is 25.1 Å². The Morgan fingerprint density at radius 1 is 1.32 bits per heavy atom. The highest BCUT2D eigenvalue weighted by Gasteiger charge is 2.24. The molecule has 19 heavy (non-hydrogen) atoms. The molecule has 1 fully saturated rings. The zero-order chi connectivity index (χ0) is 13.8. The van der Waals surface area contributed by atoms with Crippen LogP contribution in [-0.2, 0) is 0 Å². The van der Waals surface area contributed by atoms with Crippen molar-refractivity contribution in [3.05, 3.63) is 29.8 Å². The maximum absolute atomic E-state index is 6.14. The number of nitrogens with zero attached hydrogens (tertiary/aromatic N) is 2. The van der Waals surface area contributed by atoms with Crippen LogP contribution in [0.15, 0.2) is 24.3 Å². The van der Waals surface area contributed by atoms with Gasteiger partial charge in [-0.05, 0) is 45.0 Å². The lowest BCUT2D eigenvalue weighted by Gasteiger charge is -2.34. The molecule has 0 bridgehead atoms. The van der Waals surface area contributed by atoms with Crippen LogP contribution in [0.4, 0.5) is 5.69 Å². The summed E-state index contributed by atoms with van der Waals surface area (Å²) in [5.74, 6) is 0. The maximum Gasteiger partial charge on any atom is 0.0417 e. The van der Waals surface area contributed by atoms with E-state index in [2.05, 4.69) is 55.0 Å². The van der Waals surface area contributed by atoms with E-state index in [1.807, 2.05) is 0 Å². The second kappa shape index (κ2) is 6.40. The average molecular weight is 261 g/mol. The summed E-state index contributed by atoms with van der Waals surface area (Å²) in [6, 6.07) is 9.30. The lowest BCUT2D eigenvalue weighted by atomic mass is 10.0. The fourth-order valence-corrected chi connectivity index (χ4v) is 3.04. The SMILES string of the molecule is CCC1CN(C)CCCN1c1ccccc1[C@H](C)N. The van der Waals surface area contributed by atoms with Crippen LogP contribution in [0.2, 0.25) is 0 Å². The second-order valence-electron chi connectivity index (χ2n) is 5.72. The van der Waals surface area contributed by atoms with Gasteiger partial charge in [0.2, 0.25) is 0 Å². The van der Waals surface area contributed by atoms with E-state index in [1.54, 1.807) is 0 Å². The Kier molecular flexibility index (Phi) is 4.83. The van der Waals surface area contributed by atoms with Crippen molar-refractivity contribution in [2.45, 2.75) is 38.8 Å². The molecule has 2 rings (SSSR count). The van der Waals surface area contributed by atoms with E-state index >= 15 is 0 Å². The third-order valence-corrected chi connectivity index (χ3v) is 4.11. The Morgan fingerprint density at radius 2 is 2.05 bits per heavy atom. The van der Waals surface area contributed by atoms with Crippen molar-refractivity contribution in [2.24, 2.45) is 5.73 Å². The van der Waals surface area contributed by atoms with Crippen molar-refractivity contribution in [1.82, 2.24) is 4.90 Å². The molecule has 0 aliphatic carbocycles. The van der Waals surface area contributed by atoms with Crippen LogP contribution in [0.3, 0.4) is 0 Å². The molecule has 1 unspecified atom stereocenters. The summed E-state index contributed by atoms with van der Waals surface area (Å²) in [7, 11) is 2.23. The molecule has 0 aromatic heterocycles. The number of hydrogen-bond acceptors (Lipinski definition) is 3. The third-order valence-electron chi connectivity index (χ3n) is 4.11. The van der Waals surface area contributed by atoms with Crippen molar-refractivity contribution in [2.75, 3.05) is 31.6 Å². The maximum atomic E-state index is 6.14. The Balaban J connectivity index is 2.32. The second-order valence-corrected chi connectivity index (χ2v) is 5.72. The molecule has 1 aromatic rings. The average Bonchev–Trinajstić information content (AvgIpc) is 2.60. The minimum Gasteiger partial charge on any atom is -0.367 e. The molecule has 3 nitrogen and oxygen atoms in total. The summed E-state index contributed by atoms with van der Waals surface area (Å²) in [5, 5.41) is 0. The summed E-state index contributed by atoms with van der Waals surface area (Å²) >= 11 is 0. The quantitative estimate of drug-likeness (QED) is 0.908. The van der Waals surface area contributed by atoms with Gasteiger partial charge in [-0.15, -0.1) is 0 Å². The lowest BCUT2D eigenvalue weighted by molar-refractivity contribution is 0.328. The standard InChI is InChI=1S/C16H27N3/c1-4-14-12-18(3)10-7-11-19(14)16-9-6-5-8-15(16)13(2)17/h5-6,8-9,13-14H,4,7,10-12,17H2,1-3H3/t13-,14?/m0/s1. The van der Waals surface area contributed by atoms with Gasteiger partial charge in [0.15, 0.2) is 0 Å². The van der Waals surface area contributed by atoms with E-state index in [0.29, 0.717) is 6.04 Å². The molecule has 3 heteroatoms. The number of para-hydroxylation sites is 1. The molecule has 0 radical (unpaired) electrons. The zero-order valence-corrected chi connectivity index (χ0v) is 12.5. The number of rotatable bonds is 3. The highest BCUT2D eigenvalue weighted by atomic mass is 15.2. The molecule has 1 aliphatic heterocycles. The van der Waals surface area contributed by atoms with Gasteiger partial charge in [0, 0.05) is 30.9 Å². The first-order valence-electron chi connectivity index (χ1n) is 7.43. The molecule has 0 saturated carbocycles. The van der Waals surface area contributed by atoms with Gasteiger partial charge >= 0.3 is 0 Å². The topological polar surface area (TPSA) is 32.5 Å². The largest absolute Gasteiger partial charge is 0.367 e. The fourth-order valence-electron chi connectivity index (χ4n) is 3.04. The first-order chi connectivity index (χ1) is 9.13. The Hall–Kier alpha value is -1.06. The normalized spacial score (nSPS) is 23.2. The number of likely N-dealkylation sites (N-methyl/N-ethyl adjacent to an activating group) is 1. The van der Waals surface area contributed by atoms with Crippen LogP contribution in [-0.4, -0.2) is 37.6 Å². The molecule has 1 aromatic carbocycles. The third kappa shape index (κ3) is 3.28.